The summed E-state index contributed by atoms with van der Waals surface area (Å²) in [7, 11) is 2.09. The molecule has 2 rings (SSSR count). The molecule has 80 valence electrons. The van der Waals surface area contributed by atoms with Gasteiger partial charge in [-0.3, -0.25) is 4.90 Å². The number of hydrogen-bond donors (Lipinski definition) is 0. The summed E-state index contributed by atoms with van der Waals surface area (Å²) in [5, 5.41) is 8.99. The Kier molecular flexibility index (Phi) is 3.15. The third kappa shape index (κ3) is 2.81. The van der Waals surface area contributed by atoms with Crippen molar-refractivity contribution in [1.29, 1.82) is 5.26 Å². The van der Waals surface area contributed by atoms with Crippen molar-refractivity contribution in [2.45, 2.75) is 19.4 Å². The van der Waals surface area contributed by atoms with Gasteiger partial charge in [-0.1, -0.05) is 0 Å². The second kappa shape index (κ2) is 4.25. The van der Waals surface area contributed by atoms with Gasteiger partial charge in [-0.25, -0.2) is 0 Å². The summed E-state index contributed by atoms with van der Waals surface area (Å²) >= 11 is 5.22. The average molecular weight is 285 g/mol. The second-order valence-electron chi connectivity index (χ2n) is 4.27. The van der Waals surface area contributed by atoms with E-state index in [0.717, 1.165) is 25.9 Å². The number of hydrogen-bond acceptors (Lipinski definition) is 3. The van der Waals surface area contributed by atoms with Gasteiger partial charge < -0.3 is 0 Å². The molecule has 0 spiro atoms. The van der Waals surface area contributed by atoms with E-state index in [1.807, 2.05) is 0 Å². The molecule has 1 heterocycles. The van der Waals surface area contributed by atoms with Gasteiger partial charge in [0.1, 0.15) is 0 Å². The zero-order chi connectivity index (χ0) is 10.9. The van der Waals surface area contributed by atoms with Gasteiger partial charge >= 0.3 is 0 Å². The standard InChI is InChI=1S/C11H13BrN2S/c1-14(8-11(7-13)4-5-11)6-9-2-3-10(12)15-9/h2-3H,4-6,8H2,1H3. The molecule has 0 bridgehead atoms. The van der Waals surface area contributed by atoms with Crippen LogP contribution >= 0.6 is 27.3 Å². The van der Waals surface area contributed by atoms with Crippen molar-refractivity contribution in [1.82, 2.24) is 4.90 Å². The molecule has 0 saturated heterocycles. The van der Waals surface area contributed by atoms with Crippen LogP contribution in [0.1, 0.15) is 17.7 Å². The van der Waals surface area contributed by atoms with Gasteiger partial charge in [0.15, 0.2) is 0 Å². The predicted octanol–water partition coefficient (Wildman–Crippen LogP) is 3.25. The highest BCUT2D eigenvalue weighted by molar-refractivity contribution is 9.11. The Morgan fingerprint density at radius 1 is 1.60 bits per heavy atom. The Hall–Kier alpha value is -0.370. The molecule has 0 aliphatic heterocycles. The third-order valence-corrected chi connectivity index (χ3v) is 4.33. The van der Waals surface area contributed by atoms with Crippen molar-refractivity contribution >= 4 is 27.3 Å². The third-order valence-electron chi connectivity index (χ3n) is 2.72. The van der Waals surface area contributed by atoms with E-state index < -0.39 is 0 Å². The van der Waals surface area contributed by atoms with Crippen molar-refractivity contribution in [3.63, 3.8) is 0 Å². The van der Waals surface area contributed by atoms with Crippen molar-refractivity contribution in [3.05, 3.63) is 20.8 Å². The lowest BCUT2D eigenvalue weighted by Gasteiger charge is -2.18. The molecule has 0 N–H and O–H groups in total. The molecule has 0 atom stereocenters. The van der Waals surface area contributed by atoms with Crippen LogP contribution in [0, 0.1) is 16.7 Å². The highest BCUT2D eigenvalue weighted by Crippen LogP contribution is 2.45. The number of thiophene rings is 1. The Bertz CT molecular complexity index is 390. The smallest absolute Gasteiger partial charge is 0.0703 e. The Morgan fingerprint density at radius 3 is 2.80 bits per heavy atom. The maximum atomic E-state index is 8.99. The molecule has 1 saturated carbocycles. The minimum absolute atomic E-state index is 0.0246. The topological polar surface area (TPSA) is 27.0 Å². The fourth-order valence-corrected chi connectivity index (χ4v) is 3.29. The van der Waals surface area contributed by atoms with E-state index in [1.165, 1.54) is 8.66 Å². The summed E-state index contributed by atoms with van der Waals surface area (Å²) < 4.78 is 1.17. The van der Waals surface area contributed by atoms with E-state index >= 15 is 0 Å². The van der Waals surface area contributed by atoms with Crippen LogP contribution in [0.4, 0.5) is 0 Å². The molecular weight excluding hydrogens is 272 g/mol. The molecule has 0 unspecified atom stereocenters. The summed E-state index contributed by atoms with van der Waals surface area (Å²) in [6.45, 7) is 1.85. The summed E-state index contributed by atoms with van der Waals surface area (Å²) in [6.07, 6.45) is 2.14. The lowest BCUT2D eigenvalue weighted by molar-refractivity contribution is 0.289. The number of halogens is 1. The van der Waals surface area contributed by atoms with Gasteiger partial charge in [0.25, 0.3) is 0 Å². The van der Waals surface area contributed by atoms with Crippen LogP contribution in [0.3, 0.4) is 0 Å². The minimum atomic E-state index is -0.0246. The monoisotopic (exact) mass is 284 g/mol. The number of nitrogens with zero attached hydrogens (tertiary/aromatic N) is 2. The van der Waals surface area contributed by atoms with Gasteiger partial charge in [-0.2, -0.15) is 5.26 Å². The molecule has 0 amide bonds. The van der Waals surface area contributed by atoms with E-state index in [0.29, 0.717) is 0 Å². The van der Waals surface area contributed by atoms with Crippen LogP contribution in [0.15, 0.2) is 15.9 Å². The molecule has 15 heavy (non-hydrogen) atoms. The van der Waals surface area contributed by atoms with Gasteiger partial charge in [0, 0.05) is 18.0 Å². The van der Waals surface area contributed by atoms with Gasteiger partial charge in [-0.15, -0.1) is 11.3 Å². The molecule has 0 radical (unpaired) electrons. The van der Waals surface area contributed by atoms with Crippen molar-refractivity contribution in [3.8, 4) is 6.07 Å². The number of nitriles is 1. The zero-order valence-corrected chi connectivity index (χ0v) is 11.1. The first-order valence-corrected chi connectivity index (χ1v) is 6.58. The Labute approximate surface area is 103 Å². The summed E-state index contributed by atoms with van der Waals surface area (Å²) in [5.41, 5.74) is -0.0246. The van der Waals surface area contributed by atoms with Crippen LogP contribution in [-0.4, -0.2) is 18.5 Å². The fraction of sp³-hybridized carbons (Fsp3) is 0.545. The van der Waals surface area contributed by atoms with Crippen LogP contribution in [0.5, 0.6) is 0 Å². The predicted molar refractivity (Wildman–Crippen MR) is 65.6 cm³/mol. The number of rotatable bonds is 4. The molecule has 1 aromatic rings. The quantitative estimate of drug-likeness (QED) is 0.849. The first-order chi connectivity index (χ1) is 7.13. The van der Waals surface area contributed by atoms with Gasteiger partial charge in [0.2, 0.25) is 0 Å². The molecule has 0 aromatic carbocycles. The summed E-state index contributed by atoms with van der Waals surface area (Å²) in [4.78, 5) is 3.59. The van der Waals surface area contributed by atoms with E-state index in [-0.39, 0.29) is 5.41 Å². The minimum Gasteiger partial charge on any atom is -0.300 e. The molecule has 1 aliphatic carbocycles. The van der Waals surface area contributed by atoms with E-state index in [9.17, 15) is 0 Å². The maximum absolute atomic E-state index is 8.99. The van der Waals surface area contributed by atoms with Crippen molar-refractivity contribution in [2.75, 3.05) is 13.6 Å². The normalized spacial score (nSPS) is 17.7. The van der Waals surface area contributed by atoms with Crippen LogP contribution in [0.25, 0.3) is 0 Å². The Balaban J connectivity index is 1.88. The maximum Gasteiger partial charge on any atom is 0.0703 e. The van der Waals surface area contributed by atoms with Crippen molar-refractivity contribution in [2.24, 2.45) is 5.41 Å². The van der Waals surface area contributed by atoms with E-state index in [4.69, 9.17) is 5.26 Å². The SMILES string of the molecule is CN(Cc1ccc(Br)s1)CC1(C#N)CC1. The van der Waals surface area contributed by atoms with Crippen LogP contribution < -0.4 is 0 Å². The lowest BCUT2D eigenvalue weighted by atomic mass is 10.1. The Morgan fingerprint density at radius 2 is 2.33 bits per heavy atom. The summed E-state index contributed by atoms with van der Waals surface area (Å²) in [6, 6.07) is 6.64. The molecule has 2 nitrogen and oxygen atoms in total. The second-order valence-corrected chi connectivity index (χ2v) is 6.82. The largest absolute Gasteiger partial charge is 0.300 e. The van der Waals surface area contributed by atoms with Gasteiger partial charge in [0.05, 0.1) is 15.3 Å². The zero-order valence-electron chi connectivity index (χ0n) is 8.66. The van der Waals surface area contributed by atoms with Crippen LogP contribution in [0.2, 0.25) is 0 Å². The molecular formula is C11H13BrN2S. The van der Waals surface area contributed by atoms with E-state index in [1.54, 1.807) is 11.3 Å². The van der Waals surface area contributed by atoms with E-state index in [2.05, 4.69) is 46.1 Å². The van der Waals surface area contributed by atoms with Gasteiger partial charge in [-0.05, 0) is 48.0 Å². The first kappa shape index (κ1) is 11.1. The highest BCUT2D eigenvalue weighted by Gasteiger charge is 2.43. The fourth-order valence-electron chi connectivity index (χ4n) is 1.73. The highest BCUT2D eigenvalue weighted by atomic mass is 79.9. The molecule has 1 fully saturated rings. The van der Waals surface area contributed by atoms with Crippen LogP contribution in [-0.2, 0) is 6.54 Å². The molecule has 1 aromatic heterocycles. The van der Waals surface area contributed by atoms with Crippen molar-refractivity contribution < 1.29 is 0 Å². The average Bonchev–Trinajstić information content (AvgIpc) is 2.84. The summed E-state index contributed by atoms with van der Waals surface area (Å²) in [5.74, 6) is 0. The first-order valence-electron chi connectivity index (χ1n) is 4.98. The molecule has 1 aliphatic rings. The lowest BCUT2D eigenvalue weighted by Crippen LogP contribution is -2.25. The molecule has 4 heteroatoms.